The lowest BCUT2D eigenvalue weighted by Crippen LogP contribution is -2.45. The molecule has 0 aromatic heterocycles. The van der Waals surface area contributed by atoms with E-state index in [2.05, 4.69) is 10.6 Å². The monoisotopic (exact) mass is 380 g/mol. The Balaban J connectivity index is 2.09. The third kappa shape index (κ3) is 4.39. The third-order valence-corrected chi connectivity index (χ3v) is 4.05. The van der Waals surface area contributed by atoms with E-state index in [0.717, 1.165) is 6.07 Å². The summed E-state index contributed by atoms with van der Waals surface area (Å²) >= 11 is 0. The van der Waals surface area contributed by atoms with Crippen LogP contribution in [0.5, 0.6) is 5.75 Å². The van der Waals surface area contributed by atoms with Crippen LogP contribution >= 0.6 is 0 Å². The molecule has 144 valence electrons. The molecule has 2 aromatic rings. The zero-order valence-corrected chi connectivity index (χ0v) is 15.0. The van der Waals surface area contributed by atoms with Crippen LogP contribution in [-0.4, -0.2) is 18.9 Å². The van der Waals surface area contributed by atoms with Gasteiger partial charge in [0.1, 0.15) is 11.2 Å². The largest absolute Gasteiger partial charge is 0.496 e. The lowest BCUT2D eigenvalue weighted by Gasteiger charge is -2.23. The van der Waals surface area contributed by atoms with Gasteiger partial charge in [-0.15, -0.1) is 0 Å². The lowest BCUT2D eigenvalue weighted by molar-refractivity contribution is -0.138. The first-order valence-corrected chi connectivity index (χ1v) is 8.03. The van der Waals surface area contributed by atoms with E-state index in [1.165, 1.54) is 21.0 Å². The number of para-hydroxylation sites is 1. The summed E-state index contributed by atoms with van der Waals surface area (Å²) in [6.45, 7) is 2.77. The molecule has 0 heterocycles. The molecule has 0 aliphatic carbocycles. The van der Waals surface area contributed by atoms with Crippen LogP contribution in [0, 0.1) is 22.9 Å². The van der Waals surface area contributed by atoms with Crippen LogP contribution in [0.15, 0.2) is 36.4 Å². The van der Waals surface area contributed by atoms with E-state index < -0.39 is 40.4 Å². The van der Waals surface area contributed by atoms with E-state index in [1.54, 1.807) is 24.3 Å². The van der Waals surface area contributed by atoms with Gasteiger partial charge in [-0.3, -0.25) is 9.59 Å². The predicted octanol–water partition coefficient (Wildman–Crippen LogP) is 3.39. The fraction of sp³-hybridized carbons (Fsp3) is 0.263. The highest BCUT2D eigenvalue weighted by Crippen LogP contribution is 2.24. The number of anilines is 1. The summed E-state index contributed by atoms with van der Waals surface area (Å²) in [7, 11) is 1.49. The molecule has 0 radical (unpaired) electrons. The van der Waals surface area contributed by atoms with Crippen molar-refractivity contribution in [3.05, 3.63) is 59.4 Å². The van der Waals surface area contributed by atoms with E-state index in [1.807, 2.05) is 0 Å². The summed E-state index contributed by atoms with van der Waals surface area (Å²) < 4.78 is 45.2. The molecule has 0 spiro atoms. The summed E-state index contributed by atoms with van der Waals surface area (Å²) in [6, 6.07) is 8.59. The third-order valence-electron chi connectivity index (χ3n) is 4.05. The Morgan fingerprint density at radius 2 is 1.67 bits per heavy atom. The second-order valence-corrected chi connectivity index (χ2v) is 6.30. The SMILES string of the molecule is COc1ccccc1CNC(=O)C(C)(C)C(=O)Nc1ccc(F)c(F)c1F. The van der Waals surface area contributed by atoms with Crippen molar-refractivity contribution in [1.82, 2.24) is 5.32 Å². The maximum Gasteiger partial charge on any atom is 0.239 e. The zero-order valence-electron chi connectivity index (χ0n) is 15.0. The molecule has 0 bridgehead atoms. The molecule has 0 unspecified atom stereocenters. The van der Waals surface area contributed by atoms with Gasteiger partial charge in [-0.25, -0.2) is 13.2 Å². The minimum absolute atomic E-state index is 0.110. The fourth-order valence-electron chi connectivity index (χ4n) is 2.25. The molecule has 0 saturated carbocycles. The van der Waals surface area contributed by atoms with Crippen molar-refractivity contribution in [2.45, 2.75) is 20.4 Å². The molecular formula is C19H19F3N2O3. The molecule has 2 aromatic carbocycles. The first-order valence-electron chi connectivity index (χ1n) is 8.03. The topological polar surface area (TPSA) is 67.4 Å². The Hall–Kier alpha value is -3.03. The molecule has 5 nitrogen and oxygen atoms in total. The zero-order chi connectivity index (χ0) is 20.2. The van der Waals surface area contributed by atoms with Gasteiger partial charge in [-0.1, -0.05) is 18.2 Å². The van der Waals surface area contributed by atoms with Crippen LogP contribution in [0.25, 0.3) is 0 Å². The summed E-state index contributed by atoms with van der Waals surface area (Å²) in [5.74, 6) is -5.54. The molecule has 2 rings (SSSR count). The number of hydrogen-bond acceptors (Lipinski definition) is 3. The second kappa shape index (κ2) is 8.11. The fourth-order valence-corrected chi connectivity index (χ4v) is 2.25. The van der Waals surface area contributed by atoms with E-state index in [-0.39, 0.29) is 6.54 Å². The van der Waals surface area contributed by atoms with Gasteiger partial charge in [0.25, 0.3) is 0 Å². The Kier molecular flexibility index (Phi) is 6.09. The number of rotatable bonds is 6. The molecule has 0 fully saturated rings. The van der Waals surface area contributed by atoms with Crippen molar-refractivity contribution in [3.63, 3.8) is 0 Å². The van der Waals surface area contributed by atoms with Crippen molar-refractivity contribution in [2.75, 3.05) is 12.4 Å². The van der Waals surface area contributed by atoms with Gasteiger partial charge in [0.05, 0.1) is 12.8 Å². The van der Waals surface area contributed by atoms with Crippen LogP contribution in [0.4, 0.5) is 18.9 Å². The van der Waals surface area contributed by atoms with Crippen molar-refractivity contribution in [1.29, 1.82) is 0 Å². The van der Waals surface area contributed by atoms with Gasteiger partial charge in [-0.2, -0.15) is 0 Å². The number of nitrogens with one attached hydrogen (secondary N) is 2. The highest BCUT2D eigenvalue weighted by Gasteiger charge is 2.36. The van der Waals surface area contributed by atoms with E-state index in [9.17, 15) is 22.8 Å². The Labute approximate surface area is 154 Å². The Morgan fingerprint density at radius 1 is 1.00 bits per heavy atom. The quantitative estimate of drug-likeness (QED) is 0.596. The number of ether oxygens (including phenoxy) is 1. The Morgan fingerprint density at radius 3 is 2.33 bits per heavy atom. The average Bonchev–Trinajstić information content (AvgIpc) is 2.66. The molecule has 2 N–H and O–H groups in total. The minimum Gasteiger partial charge on any atom is -0.496 e. The second-order valence-electron chi connectivity index (χ2n) is 6.30. The Bertz CT molecular complexity index is 869. The highest BCUT2D eigenvalue weighted by molar-refractivity contribution is 6.09. The van der Waals surface area contributed by atoms with Crippen LogP contribution in [0.3, 0.4) is 0 Å². The molecule has 2 amide bonds. The van der Waals surface area contributed by atoms with Gasteiger partial charge in [-0.05, 0) is 32.0 Å². The van der Waals surface area contributed by atoms with Crippen molar-refractivity contribution in [2.24, 2.45) is 5.41 Å². The van der Waals surface area contributed by atoms with E-state index in [0.29, 0.717) is 17.4 Å². The average molecular weight is 380 g/mol. The van der Waals surface area contributed by atoms with Gasteiger partial charge >= 0.3 is 0 Å². The van der Waals surface area contributed by atoms with Crippen LogP contribution in [0.1, 0.15) is 19.4 Å². The number of hydrogen-bond donors (Lipinski definition) is 2. The summed E-state index contributed by atoms with van der Waals surface area (Å²) in [4.78, 5) is 24.8. The minimum atomic E-state index is -1.70. The first-order chi connectivity index (χ1) is 12.7. The predicted molar refractivity (Wildman–Crippen MR) is 93.6 cm³/mol. The number of benzene rings is 2. The number of halogens is 3. The molecular weight excluding hydrogens is 361 g/mol. The van der Waals surface area contributed by atoms with Gasteiger partial charge in [0, 0.05) is 12.1 Å². The summed E-state index contributed by atoms with van der Waals surface area (Å²) in [5.41, 5.74) is -1.44. The maximum atomic E-state index is 13.7. The van der Waals surface area contributed by atoms with Crippen molar-refractivity contribution >= 4 is 17.5 Å². The van der Waals surface area contributed by atoms with Crippen LogP contribution in [0.2, 0.25) is 0 Å². The van der Waals surface area contributed by atoms with Gasteiger partial charge in [0.2, 0.25) is 11.8 Å². The molecule has 0 aliphatic heterocycles. The first kappa shape index (κ1) is 20.3. The number of methoxy groups -OCH3 is 1. The number of carbonyl (C=O) groups excluding carboxylic acids is 2. The molecule has 0 atom stereocenters. The normalized spacial score (nSPS) is 11.0. The van der Waals surface area contributed by atoms with Gasteiger partial charge in [0.15, 0.2) is 17.5 Å². The summed E-state index contributed by atoms with van der Waals surface area (Å²) in [6.07, 6.45) is 0. The van der Waals surface area contributed by atoms with E-state index >= 15 is 0 Å². The van der Waals surface area contributed by atoms with Crippen molar-refractivity contribution < 1.29 is 27.5 Å². The van der Waals surface area contributed by atoms with Crippen LogP contribution in [-0.2, 0) is 16.1 Å². The standard InChI is InChI=1S/C19H19F3N2O3/c1-19(2,17(25)23-10-11-6-4-5-7-14(11)27-3)18(26)24-13-9-8-12(20)15(21)16(13)22/h4-9H,10H2,1-3H3,(H,23,25)(H,24,26). The van der Waals surface area contributed by atoms with E-state index in [4.69, 9.17) is 4.74 Å². The molecule has 0 saturated heterocycles. The maximum absolute atomic E-state index is 13.7. The summed E-state index contributed by atoms with van der Waals surface area (Å²) in [5, 5.41) is 4.72. The number of amides is 2. The highest BCUT2D eigenvalue weighted by atomic mass is 19.2. The molecule has 0 aliphatic rings. The van der Waals surface area contributed by atoms with Gasteiger partial charge < -0.3 is 15.4 Å². The molecule has 27 heavy (non-hydrogen) atoms. The van der Waals surface area contributed by atoms with Crippen molar-refractivity contribution in [3.8, 4) is 5.75 Å². The smallest absolute Gasteiger partial charge is 0.239 e. The number of carbonyl (C=O) groups is 2. The lowest BCUT2D eigenvalue weighted by atomic mass is 9.90. The van der Waals surface area contributed by atoms with Crippen LogP contribution < -0.4 is 15.4 Å². The molecule has 8 heteroatoms.